The number of carboxylic acid groups (broad SMARTS) is 1. The average Bonchev–Trinajstić information content (AvgIpc) is 3.41. The van der Waals surface area contributed by atoms with Gasteiger partial charge in [-0.2, -0.15) is 0 Å². The first-order chi connectivity index (χ1) is 12.7. The molecule has 26 heavy (non-hydrogen) atoms. The van der Waals surface area contributed by atoms with Gasteiger partial charge in [0.1, 0.15) is 5.82 Å². The topological polar surface area (TPSA) is 79.0 Å². The van der Waals surface area contributed by atoms with Crippen molar-refractivity contribution < 1.29 is 9.90 Å². The summed E-state index contributed by atoms with van der Waals surface area (Å²) in [6.07, 6.45) is 21.0. The molecule has 0 spiro atoms. The number of aromatic carboxylic acids is 1. The predicted octanol–water partition coefficient (Wildman–Crippen LogP) is 4.34. The normalized spacial score (nSPS) is 21.5. The Morgan fingerprint density at radius 1 is 0.923 bits per heavy atom. The van der Waals surface area contributed by atoms with E-state index < -0.39 is 25.7 Å². The number of nitrogens with two attached hydrogens (primary N) is 1. The van der Waals surface area contributed by atoms with Gasteiger partial charge in [-0.05, 0) is 12.1 Å². The summed E-state index contributed by atoms with van der Waals surface area (Å²) in [4.78, 5) is 13.7. The SMILES string of the molecule is C1CC[CH]([Sn+]([CH]2CCCC2)[CH]2CCCC2)C1.Nc1ncccc1C(=O)[O-]. The molecule has 3 aliphatic rings. The standard InChI is InChI=1S/C6H6N2O2.3C5H9.Sn/c7-5-4(6(9)10)2-1-3-8-5;3*1-2-4-5-3-1;/h1-3H,(H2,7,8)(H,9,10);3*1H,2-5H2;/q;;;;+1/p-1. The van der Waals surface area contributed by atoms with Gasteiger partial charge in [-0.3, -0.25) is 0 Å². The summed E-state index contributed by atoms with van der Waals surface area (Å²) in [6, 6.07) is 2.83. The summed E-state index contributed by atoms with van der Waals surface area (Å²) in [7, 11) is 0. The summed E-state index contributed by atoms with van der Waals surface area (Å²) < 4.78 is 4.02. The van der Waals surface area contributed by atoms with E-state index in [1.807, 2.05) is 0 Å². The van der Waals surface area contributed by atoms with Crippen LogP contribution in [0.4, 0.5) is 5.82 Å². The second-order valence-corrected chi connectivity index (χ2v) is 18.0. The number of carboxylic acids is 1. The third-order valence-electron chi connectivity index (χ3n) is 6.54. The fraction of sp³-hybridized carbons (Fsp3) is 0.714. The number of hydrogen-bond acceptors (Lipinski definition) is 4. The summed E-state index contributed by atoms with van der Waals surface area (Å²) >= 11 is -1.04. The van der Waals surface area contributed by atoms with Crippen LogP contribution in [0.1, 0.15) is 87.4 Å². The number of nitrogen functional groups attached to an aromatic ring is 1. The molecule has 4 rings (SSSR count). The van der Waals surface area contributed by atoms with Crippen molar-refractivity contribution in [2.75, 3.05) is 5.73 Å². The van der Waals surface area contributed by atoms with E-state index in [0.29, 0.717) is 0 Å². The van der Waals surface area contributed by atoms with E-state index >= 15 is 0 Å². The fourth-order valence-electron chi connectivity index (χ4n) is 5.37. The zero-order valence-corrected chi connectivity index (χ0v) is 18.6. The largest absolute Gasteiger partial charge is 0.545 e. The van der Waals surface area contributed by atoms with Crippen LogP contribution < -0.4 is 10.8 Å². The Labute approximate surface area is 164 Å². The van der Waals surface area contributed by atoms with E-state index in [0.717, 1.165) is 0 Å². The number of carbonyl (C=O) groups excluding carboxylic acids is 1. The van der Waals surface area contributed by atoms with Crippen LogP contribution in [-0.4, -0.2) is 30.7 Å². The third kappa shape index (κ3) is 5.14. The van der Waals surface area contributed by atoms with Gasteiger partial charge in [0, 0.05) is 11.8 Å². The van der Waals surface area contributed by atoms with Crippen LogP contribution in [0.25, 0.3) is 0 Å². The van der Waals surface area contributed by atoms with Crippen molar-refractivity contribution in [3.8, 4) is 0 Å². The Morgan fingerprint density at radius 3 is 1.65 bits per heavy atom. The maximum absolute atomic E-state index is 10.2. The predicted molar refractivity (Wildman–Crippen MR) is 105 cm³/mol. The van der Waals surface area contributed by atoms with E-state index in [9.17, 15) is 9.90 Å². The van der Waals surface area contributed by atoms with Crippen molar-refractivity contribution >= 4 is 31.5 Å². The molecular weight excluding hydrogens is 431 g/mol. The van der Waals surface area contributed by atoms with E-state index in [1.165, 1.54) is 30.1 Å². The van der Waals surface area contributed by atoms with Crippen molar-refractivity contribution in [3.05, 3.63) is 23.9 Å². The first-order valence-electron chi connectivity index (χ1n) is 10.4. The summed E-state index contributed by atoms with van der Waals surface area (Å²) in [5.41, 5.74) is 5.12. The van der Waals surface area contributed by atoms with Gasteiger partial charge in [0.05, 0.1) is 5.97 Å². The van der Waals surface area contributed by atoms with Gasteiger partial charge in [0.25, 0.3) is 0 Å². The number of aromatic nitrogens is 1. The molecule has 4 nitrogen and oxygen atoms in total. The Balaban J connectivity index is 0.000000170. The monoisotopic (exact) mass is 464 g/mol. The molecule has 0 aliphatic heterocycles. The molecule has 0 radical (unpaired) electrons. The molecule has 3 saturated carbocycles. The van der Waals surface area contributed by atoms with Gasteiger partial charge in [-0.15, -0.1) is 0 Å². The summed E-state index contributed by atoms with van der Waals surface area (Å²) in [5, 5.41) is 10.2. The molecule has 0 aromatic carbocycles. The van der Waals surface area contributed by atoms with Gasteiger partial charge >= 0.3 is 109 Å². The molecule has 0 saturated heterocycles. The summed E-state index contributed by atoms with van der Waals surface area (Å²) in [6.45, 7) is 0. The van der Waals surface area contributed by atoms with E-state index in [1.54, 1.807) is 77.0 Å². The molecule has 1 aromatic heterocycles. The maximum Gasteiger partial charge on any atom is 0.132 e. The molecule has 0 atom stereocenters. The zero-order valence-electron chi connectivity index (χ0n) is 15.8. The van der Waals surface area contributed by atoms with Crippen LogP contribution in [0.15, 0.2) is 18.3 Å². The molecule has 0 unspecified atom stereocenters. The first kappa shape index (κ1) is 20.0. The van der Waals surface area contributed by atoms with E-state index in [2.05, 4.69) is 4.98 Å². The van der Waals surface area contributed by atoms with Crippen LogP contribution in [0.5, 0.6) is 0 Å². The van der Waals surface area contributed by atoms with Crippen LogP contribution in [0.3, 0.4) is 0 Å². The van der Waals surface area contributed by atoms with Gasteiger partial charge in [-0.1, -0.05) is 0 Å². The second-order valence-electron chi connectivity index (χ2n) is 8.17. The van der Waals surface area contributed by atoms with E-state index in [4.69, 9.17) is 5.73 Å². The van der Waals surface area contributed by atoms with Crippen LogP contribution in [-0.2, 0) is 0 Å². The van der Waals surface area contributed by atoms with Crippen molar-refractivity contribution in [3.63, 3.8) is 0 Å². The molecule has 142 valence electrons. The van der Waals surface area contributed by atoms with Crippen molar-refractivity contribution in [2.45, 2.75) is 88.9 Å². The summed E-state index contributed by atoms with van der Waals surface area (Å²) in [5.74, 6) is -1.31. The van der Waals surface area contributed by atoms with Gasteiger partial charge in [0.15, 0.2) is 0 Å². The number of carbonyl (C=O) groups is 1. The molecule has 1 aromatic rings. The number of pyridine rings is 1. The number of anilines is 1. The van der Waals surface area contributed by atoms with Crippen molar-refractivity contribution in [1.82, 2.24) is 4.98 Å². The Kier molecular flexibility index (Phi) is 7.64. The number of nitrogens with zero attached hydrogens (tertiary/aromatic N) is 1. The molecular formula is C21H32N2O2Sn. The molecule has 2 N–H and O–H groups in total. The smallest absolute Gasteiger partial charge is 0.132 e. The van der Waals surface area contributed by atoms with Crippen molar-refractivity contribution in [2.24, 2.45) is 0 Å². The van der Waals surface area contributed by atoms with E-state index in [-0.39, 0.29) is 11.4 Å². The van der Waals surface area contributed by atoms with Crippen molar-refractivity contribution in [1.29, 1.82) is 0 Å². The van der Waals surface area contributed by atoms with Crippen LogP contribution in [0.2, 0.25) is 11.8 Å². The third-order valence-corrected chi connectivity index (χ3v) is 19.6. The molecule has 3 aliphatic carbocycles. The second kappa shape index (κ2) is 9.95. The minimum Gasteiger partial charge on any atom is -0.545 e. The van der Waals surface area contributed by atoms with Gasteiger partial charge < -0.3 is 15.6 Å². The minimum absolute atomic E-state index is 0.0116. The zero-order chi connectivity index (χ0) is 18.4. The average molecular weight is 463 g/mol. The Bertz CT molecular complexity index is 539. The molecule has 3 fully saturated rings. The Hall–Kier alpha value is -0.781. The molecule has 0 bridgehead atoms. The van der Waals surface area contributed by atoms with Gasteiger partial charge in [-0.25, -0.2) is 4.98 Å². The molecule has 0 amide bonds. The minimum atomic E-state index is -1.30. The first-order valence-corrected chi connectivity index (χ1v) is 15.4. The fourth-order valence-corrected chi connectivity index (χ4v) is 20.3. The molecule has 1 heterocycles. The molecule has 5 heteroatoms. The Morgan fingerprint density at radius 2 is 1.35 bits per heavy atom. The van der Waals surface area contributed by atoms with Crippen LogP contribution >= 0.6 is 0 Å². The quantitative estimate of drug-likeness (QED) is 0.674. The maximum atomic E-state index is 10.2. The van der Waals surface area contributed by atoms with Gasteiger partial charge in [0.2, 0.25) is 0 Å². The number of rotatable bonds is 4. The van der Waals surface area contributed by atoms with Crippen LogP contribution in [0, 0.1) is 0 Å². The number of hydrogen-bond donors (Lipinski definition) is 1.